The van der Waals surface area contributed by atoms with E-state index in [0.29, 0.717) is 40.8 Å². The van der Waals surface area contributed by atoms with Crippen LogP contribution < -0.4 is 14.4 Å². The third-order valence-electron chi connectivity index (χ3n) is 6.72. The standard InChI is InChI=1S/C27H26N4O5S2/c32-26(20-7-9-21(10-8-20)38(33,34)30-12-3-1-2-4-13-30)31(17-19-6-5-11-28-16-19)27-29-22-14-23-24(36-18-35-23)15-25(22)37-27/h5-11,14-16H,1-4,12-13,17-18H2. The molecule has 1 amide bonds. The Morgan fingerprint density at radius 3 is 2.45 bits per heavy atom. The lowest BCUT2D eigenvalue weighted by Gasteiger charge is -2.21. The summed E-state index contributed by atoms with van der Waals surface area (Å²) in [6, 6.07) is 13.6. The fourth-order valence-corrected chi connectivity index (χ4v) is 7.17. The van der Waals surface area contributed by atoms with Gasteiger partial charge in [-0.1, -0.05) is 30.2 Å². The fraction of sp³-hybridized carbons (Fsp3) is 0.296. The second kappa shape index (κ2) is 10.3. The second-order valence-corrected chi connectivity index (χ2v) is 12.2. The Morgan fingerprint density at radius 1 is 1.00 bits per heavy atom. The molecule has 0 N–H and O–H groups in total. The Kier molecular flexibility index (Phi) is 6.73. The van der Waals surface area contributed by atoms with Gasteiger partial charge in [-0.25, -0.2) is 13.4 Å². The molecule has 2 aromatic carbocycles. The molecule has 0 bridgehead atoms. The van der Waals surface area contributed by atoms with Gasteiger partial charge in [-0.15, -0.1) is 0 Å². The number of hydrogen-bond donors (Lipinski definition) is 0. The molecule has 2 aliphatic rings. The Hall–Kier alpha value is -3.54. The van der Waals surface area contributed by atoms with Crippen molar-refractivity contribution in [3.8, 4) is 11.5 Å². The van der Waals surface area contributed by atoms with Crippen molar-refractivity contribution in [2.75, 3.05) is 24.8 Å². The third-order valence-corrected chi connectivity index (χ3v) is 9.67. The first-order chi connectivity index (χ1) is 18.5. The zero-order valence-corrected chi connectivity index (χ0v) is 22.2. The molecule has 0 unspecified atom stereocenters. The van der Waals surface area contributed by atoms with Gasteiger partial charge < -0.3 is 9.47 Å². The number of thiazole rings is 1. The number of carbonyl (C=O) groups excluding carboxylic acids is 1. The van der Waals surface area contributed by atoms with Crippen molar-refractivity contribution < 1.29 is 22.7 Å². The van der Waals surface area contributed by atoms with Crippen molar-refractivity contribution >= 4 is 42.6 Å². The maximum Gasteiger partial charge on any atom is 0.260 e. The van der Waals surface area contributed by atoms with Crippen molar-refractivity contribution in [1.29, 1.82) is 0 Å². The van der Waals surface area contributed by atoms with Crippen LogP contribution in [0.15, 0.2) is 65.8 Å². The molecule has 11 heteroatoms. The van der Waals surface area contributed by atoms with Crippen LogP contribution in [-0.2, 0) is 16.6 Å². The van der Waals surface area contributed by atoms with Gasteiger partial charge in [-0.05, 0) is 48.7 Å². The molecule has 6 rings (SSSR count). The highest BCUT2D eigenvalue weighted by Gasteiger charge is 2.27. The zero-order valence-electron chi connectivity index (χ0n) is 20.6. The Bertz CT molecular complexity index is 1520. The van der Waals surface area contributed by atoms with Crippen molar-refractivity contribution in [1.82, 2.24) is 14.3 Å². The first-order valence-electron chi connectivity index (χ1n) is 12.5. The second-order valence-electron chi connectivity index (χ2n) is 9.26. The summed E-state index contributed by atoms with van der Waals surface area (Å²) in [6.07, 6.45) is 7.20. The number of anilines is 1. The molecular weight excluding hydrogens is 524 g/mol. The van der Waals surface area contributed by atoms with Crippen molar-refractivity contribution in [3.05, 3.63) is 72.1 Å². The molecule has 0 saturated carbocycles. The highest BCUT2D eigenvalue weighted by atomic mass is 32.2. The summed E-state index contributed by atoms with van der Waals surface area (Å²) in [7, 11) is -3.61. The summed E-state index contributed by atoms with van der Waals surface area (Å²) in [6.45, 7) is 1.49. The van der Waals surface area contributed by atoms with E-state index < -0.39 is 10.0 Å². The van der Waals surface area contributed by atoms with Crippen LogP contribution in [0.3, 0.4) is 0 Å². The number of carbonyl (C=O) groups is 1. The number of rotatable bonds is 6. The first-order valence-corrected chi connectivity index (χ1v) is 14.8. The van der Waals surface area contributed by atoms with Gasteiger partial charge in [-0.3, -0.25) is 14.7 Å². The molecule has 2 aliphatic heterocycles. The summed E-state index contributed by atoms with van der Waals surface area (Å²) in [5.74, 6) is 0.992. The molecule has 0 aliphatic carbocycles. The number of aromatic nitrogens is 2. The minimum Gasteiger partial charge on any atom is -0.454 e. The van der Waals surface area contributed by atoms with Crippen LogP contribution in [0.25, 0.3) is 10.2 Å². The van der Waals surface area contributed by atoms with E-state index in [9.17, 15) is 13.2 Å². The number of nitrogens with zero attached hydrogens (tertiary/aromatic N) is 4. The van der Waals surface area contributed by atoms with E-state index in [4.69, 9.17) is 14.5 Å². The summed E-state index contributed by atoms with van der Waals surface area (Å²) in [5, 5.41) is 0.513. The van der Waals surface area contributed by atoms with Crippen LogP contribution in [0, 0.1) is 0 Å². The SMILES string of the molecule is O=C(c1ccc(S(=O)(=O)N2CCCCCC2)cc1)N(Cc1cccnc1)c1nc2cc3c(cc2s1)OCO3. The Labute approximate surface area is 224 Å². The van der Waals surface area contributed by atoms with Gasteiger partial charge >= 0.3 is 0 Å². The zero-order chi connectivity index (χ0) is 26.1. The number of amides is 1. The Morgan fingerprint density at radius 2 is 1.74 bits per heavy atom. The first kappa shape index (κ1) is 24.8. The molecule has 1 fully saturated rings. The van der Waals surface area contributed by atoms with Gasteiger partial charge in [0, 0.05) is 43.2 Å². The largest absolute Gasteiger partial charge is 0.454 e. The van der Waals surface area contributed by atoms with Gasteiger partial charge in [0.05, 0.1) is 21.7 Å². The van der Waals surface area contributed by atoms with Crippen LogP contribution in [0.4, 0.5) is 5.13 Å². The van der Waals surface area contributed by atoms with Crippen LogP contribution in [0.1, 0.15) is 41.6 Å². The van der Waals surface area contributed by atoms with E-state index in [1.54, 1.807) is 33.7 Å². The van der Waals surface area contributed by atoms with E-state index in [1.807, 2.05) is 24.3 Å². The lowest BCUT2D eigenvalue weighted by atomic mass is 10.2. The van der Waals surface area contributed by atoms with Gasteiger partial charge in [0.25, 0.3) is 5.91 Å². The van der Waals surface area contributed by atoms with Crippen LogP contribution in [-0.4, -0.2) is 48.5 Å². The minimum atomic E-state index is -3.61. The molecule has 196 valence electrons. The molecule has 0 radical (unpaired) electrons. The number of benzene rings is 2. The summed E-state index contributed by atoms with van der Waals surface area (Å²) in [4.78, 5) is 24.5. The van der Waals surface area contributed by atoms with Crippen LogP contribution in [0.2, 0.25) is 0 Å². The third kappa shape index (κ3) is 4.84. The van der Waals surface area contributed by atoms with Gasteiger partial charge in [0.1, 0.15) is 0 Å². The van der Waals surface area contributed by atoms with Crippen LogP contribution in [0.5, 0.6) is 11.5 Å². The van der Waals surface area contributed by atoms with E-state index in [2.05, 4.69) is 4.98 Å². The van der Waals surface area contributed by atoms with Gasteiger partial charge in [0.2, 0.25) is 16.8 Å². The van der Waals surface area contributed by atoms with Crippen molar-refractivity contribution in [3.63, 3.8) is 0 Å². The summed E-state index contributed by atoms with van der Waals surface area (Å²) >= 11 is 1.38. The highest BCUT2D eigenvalue weighted by Crippen LogP contribution is 2.40. The predicted molar refractivity (Wildman–Crippen MR) is 144 cm³/mol. The maximum absolute atomic E-state index is 13.8. The molecule has 38 heavy (non-hydrogen) atoms. The highest BCUT2D eigenvalue weighted by molar-refractivity contribution is 7.89. The van der Waals surface area contributed by atoms with Crippen LogP contribution >= 0.6 is 11.3 Å². The molecular formula is C27H26N4O5S2. The molecule has 4 aromatic rings. The summed E-state index contributed by atoms with van der Waals surface area (Å²) < 4.78 is 39.8. The van der Waals surface area contributed by atoms with Crippen molar-refractivity contribution in [2.24, 2.45) is 0 Å². The monoisotopic (exact) mass is 550 g/mol. The number of pyridine rings is 1. The van der Waals surface area contributed by atoms with E-state index >= 15 is 0 Å². The molecule has 0 spiro atoms. The normalized spacial score (nSPS) is 15.9. The Balaban J connectivity index is 1.32. The van der Waals surface area contributed by atoms with E-state index in [0.717, 1.165) is 35.9 Å². The minimum absolute atomic E-state index is 0.175. The molecule has 4 heterocycles. The van der Waals surface area contributed by atoms with Gasteiger partial charge in [-0.2, -0.15) is 4.31 Å². The van der Waals surface area contributed by atoms with Gasteiger partial charge in [0.15, 0.2) is 16.6 Å². The predicted octanol–water partition coefficient (Wildman–Crippen LogP) is 4.83. The lowest BCUT2D eigenvalue weighted by molar-refractivity contribution is 0.0985. The average Bonchev–Trinajstić information content (AvgIpc) is 3.46. The molecule has 2 aromatic heterocycles. The smallest absolute Gasteiger partial charge is 0.260 e. The maximum atomic E-state index is 13.8. The summed E-state index contributed by atoms with van der Waals surface area (Å²) in [5.41, 5.74) is 1.92. The average molecular weight is 551 g/mol. The van der Waals surface area contributed by atoms with E-state index in [-0.39, 0.29) is 24.1 Å². The molecule has 9 nitrogen and oxygen atoms in total. The number of fused-ring (bicyclic) bond motifs is 2. The number of ether oxygens (including phenoxy) is 2. The topological polar surface area (TPSA) is 102 Å². The number of hydrogen-bond acceptors (Lipinski definition) is 8. The lowest BCUT2D eigenvalue weighted by Crippen LogP contribution is -2.32. The van der Waals surface area contributed by atoms with Crippen molar-refractivity contribution in [2.45, 2.75) is 37.1 Å². The molecule has 0 atom stereocenters. The fourth-order valence-electron chi connectivity index (χ4n) is 4.68. The quantitative estimate of drug-likeness (QED) is 0.339. The number of sulfonamides is 1. The van der Waals surface area contributed by atoms with E-state index in [1.165, 1.54) is 23.5 Å². The molecule has 1 saturated heterocycles.